The molecule has 0 aromatic heterocycles. The first-order valence-corrected chi connectivity index (χ1v) is 6.83. The minimum atomic E-state index is 0.591. The minimum Gasteiger partial charge on any atom is -0.302 e. The molecular weight excluding hydrogens is 206 g/mol. The Hall–Kier alpha value is -0.820. The van der Waals surface area contributed by atoms with Crippen LogP contribution in [-0.2, 0) is 0 Å². The van der Waals surface area contributed by atoms with Gasteiger partial charge < -0.3 is 4.90 Å². The van der Waals surface area contributed by atoms with Gasteiger partial charge in [0.05, 0.1) is 0 Å². The van der Waals surface area contributed by atoms with Crippen LogP contribution in [0.15, 0.2) is 24.3 Å². The molecule has 1 heteroatoms. The topological polar surface area (TPSA) is 3.24 Å². The molecule has 1 saturated carbocycles. The van der Waals surface area contributed by atoms with E-state index in [9.17, 15) is 0 Å². The van der Waals surface area contributed by atoms with Crippen molar-refractivity contribution in [3.8, 4) is 0 Å². The molecule has 1 aromatic rings. The van der Waals surface area contributed by atoms with Crippen molar-refractivity contribution in [3.63, 3.8) is 0 Å². The van der Waals surface area contributed by atoms with Gasteiger partial charge >= 0.3 is 0 Å². The molecule has 0 heterocycles. The number of nitrogens with zero attached hydrogens (tertiary/aromatic N) is 1. The molecule has 0 radical (unpaired) electrons. The standard InChI is InChI=1S/C16H25N/c1-12-8-5-6-10-14(12)16(17(3)4)15-11-7-9-13(15)2/h5-6,8,10,13,15-16H,7,9,11H2,1-4H3. The molecule has 94 valence electrons. The third kappa shape index (κ3) is 2.55. The van der Waals surface area contributed by atoms with Gasteiger partial charge in [-0.3, -0.25) is 0 Å². The zero-order chi connectivity index (χ0) is 12.4. The van der Waals surface area contributed by atoms with E-state index in [4.69, 9.17) is 0 Å². The molecule has 0 spiro atoms. The fourth-order valence-electron chi connectivity index (χ4n) is 3.45. The summed E-state index contributed by atoms with van der Waals surface area (Å²) in [5.41, 5.74) is 2.96. The summed E-state index contributed by atoms with van der Waals surface area (Å²) >= 11 is 0. The van der Waals surface area contributed by atoms with Gasteiger partial charge in [0.25, 0.3) is 0 Å². The number of benzene rings is 1. The average molecular weight is 231 g/mol. The van der Waals surface area contributed by atoms with Crippen LogP contribution in [0.4, 0.5) is 0 Å². The van der Waals surface area contributed by atoms with E-state index in [0.717, 1.165) is 11.8 Å². The molecule has 1 fully saturated rings. The first kappa shape index (κ1) is 12.6. The molecule has 3 atom stereocenters. The number of rotatable bonds is 3. The molecule has 17 heavy (non-hydrogen) atoms. The summed E-state index contributed by atoms with van der Waals surface area (Å²) in [5, 5.41) is 0. The van der Waals surface area contributed by atoms with E-state index in [-0.39, 0.29) is 0 Å². The zero-order valence-electron chi connectivity index (χ0n) is 11.6. The first-order chi connectivity index (χ1) is 8.11. The molecule has 1 aliphatic rings. The summed E-state index contributed by atoms with van der Waals surface area (Å²) in [6, 6.07) is 9.46. The number of hydrogen-bond acceptors (Lipinski definition) is 1. The Morgan fingerprint density at radius 1 is 1.18 bits per heavy atom. The second kappa shape index (κ2) is 5.22. The fraction of sp³-hybridized carbons (Fsp3) is 0.625. The maximum Gasteiger partial charge on any atom is 0.0375 e. The third-order valence-corrected chi connectivity index (χ3v) is 4.40. The Kier molecular flexibility index (Phi) is 3.88. The maximum atomic E-state index is 2.42. The Morgan fingerprint density at radius 2 is 1.88 bits per heavy atom. The summed E-state index contributed by atoms with van der Waals surface area (Å²) in [6.45, 7) is 4.66. The van der Waals surface area contributed by atoms with Crippen LogP contribution in [0.2, 0.25) is 0 Å². The lowest BCUT2D eigenvalue weighted by atomic mass is 9.83. The normalized spacial score (nSPS) is 26.4. The molecule has 0 N–H and O–H groups in total. The number of aryl methyl sites for hydroxylation is 1. The van der Waals surface area contributed by atoms with Crippen molar-refractivity contribution >= 4 is 0 Å². The van der Waals surface area contributed by atoms with Gasteiger partial charge in [0, 0.05) is 6.04 Å². The van der Waals surface area contributed by atoms with Crippen molar-refractivity contribution in [2.75, 3.05) is 14.1 Å². The molecule has 0 saturated heterocycles. The monoisotopic (exact) mass is 231 g/mol. The molecule has 2 rings (SSSR count). The van der Waals surface area contributed by atoms with Crippen LogP contribution in [0.3, 0.4) is 0 Å². The van der Waals surface area contributed by atoms with Gasteiger partial charge in [-0.25, -0.2) is 0 Å². The Balaban J connectivity index is 2.32. The predicted octanol–water partition coefficient (Wildman–Crippen LogP) is 4.03. The zero-order valence-corrected chi connectivity index (χ0v) is 11.6. The summed E-state index contributed by atoms with van der Waals surface area (Å²) < 4.78 is 0. The molecule has 0 aliphatic heterocycles. The van der Waals surface area contributed by atoms with Crippen LogP contribution < -0.4 is 0 Å². The second-order valence-electron chi connectivity index (χ2n) is 5.84. The van der Waals surface area contributed by atoms with E-state index >= 15 is 0 Å². The molecule has 1 aromatic carbocycles. The van der Waals surface area contributed by atoms with Crippen LogP contribution in [0.25, 0.3) is 0 Å². The first-order valence-electron chi connectivity index (χ1n) is 6.83. The Morgan fingerprint density at radius 3 is 2.41 bits per heavy atom. The minimum absolute atomic E-state index is 0.591. The van der Waals surface area contributed by atoms with Crippen LogP contribution in [0, 0.1) is 18.8 Å². The fourth-order valence-corrected chi connectivity index (χ4v) is 3.45. The number of hydrogen-bond donors (Lipinski definition) is 0. The van der Waals surface area contributed by atoms with E-state index < -0.39 is 0 Å². The molecule has 0 amide bonds. The Labute approximate surface area is 106 Å². The SMILES string of the molecule is Cc1ccccc1C(C1CCCC1C)N(C)C. The van der Waals surface area contributed by atoms with Gasteiger partial charge in [0.1, 0.15) is 0 Å². The lowest BCUT2D eigenvalue weighted by Gasteiger charge is -2.34. The lowest BCUT2D eigenvalue weighted by Crippen LogP contribution is -2.29. The lowest BCUT2D eigenvalue weighted by molar-refractivity contribution is 0.182. The highest BCUT2D eigenvalue weighted by Gasteiger charge is 2.33. The molecule has 0 bridgehead atoms. The van der Waals surface area contributed by atoms with Crippen molar-refractivity contribution in [3.05, 3.63) is 35.4 Å². The quantitative estimate of drug-likeness (QED) is 0.759. The van der Waals surface area contributed by atoms with Crippen molar-refractivity contribution < 1.29 is 0 Å². The highest BCUT2D eigenvalue weighted by Crippen LogP contribution is 2.42. The highest BCUT2D eigenvalue weighted by molar-refractivity contribution is 5.29. The molecule has 1 nitrogen and oxygen atoms in total. The van der Waals surface area contributed by atoms with E-state index in [1.807, 2.05) is 0 Å². The highest BCUT2D eigenvalue weighted by atomic mass is 15.1. The van der Waals surface area contributed by atoms with E-state index in [0.29, 0.717) is 6.04 Å². The van der Waals surface area contributed by atoms with E-state index in [1.165, 1.54) is 30.4 Å². The van der Waals surface area contributed by atoms with Gasteiger partial charge in [-0.05, 0) is 50.4 Å². The van der Waals surface area contributed by atoms with Crippen molar-refractivity contribution in [1.29, 1.82) is 0 Å². The van der Waals surface area contributed by atoms with E-state index in [1.54, 1.807) is 0 Å². The predicted molar refractivity (Wildman–Crippen MR) is 74.1 cm³/mol. The average Bonchev–Trinajstić information content (AvgIpc) is 2.68. The molecular formula is C16H25N. The van der Waals surface area contributed by atoms with E-state index in [2.05, 4.69) is 57.1 Å². The van der Waals surface area contributed by atoms with Gasteiger partial charge in [0.2, 0.25) is 0 Å². The summed E-state index contributed by atoms with van der Waals surface area (Å²) in [6.07, 6.45) is 4.20. The van der Waals surface area contributed by atoms with Crippen LogP contribution in [0.1, 0.15) is 43.4 Å². The molecule has 3 unspecified atom stereocenters. The molecule has 1 aliphatic carbocycles. The van der Waals surface area contributed by atoms with Gasteiger partial charge in [-0.2, -0.15) is 0 Å². The Bertz CT molecular complexity index is 370. The van der Waals surface area contributed by atoms with Crippen LogP contribution in [0.5, 0.6) is 0 Å². The van der Waals surface area contributed by atoms with Gasteiger partial charge in [-0.1, -0.05) is 44.0 Å². The second-order valence-corrected chi connectivity index (χ2v) is 5.84. The van der Waals surface area contributed by atoms with Crippen LogP contribution in [-0.4, -0.2) is 19.0 Å². The van der Waals surface area contributed by atoms with Crippen molar-refractivity contribution in [2.45, 2.75) is 39.2 Å². The van der Waals surface area contributed by atoms with Crippen molar-refractivity contribution in [1.82, 2.24) is 4.90 Å². The summed E-state index contributed by atoms with van der Waals surface area (Å²) in [7, 11) is 4.45. The third-order valence-electron chi connectivity index (χ3n) is 4.40. The van der Waals surface area contributed by atoms with Gasteiger partial charge in [0.15, 0.2) is 0 Å². The summed E-state index contributed by atoms with van der Waals surface area (Å²) in [5.74, 6) is 1.69. The van der Waals surface area contributed by atoms with Gasteiger partial charge in [-0.15, -0.1) is 0 Å². The summed E-state index contributed by atoms with van der Waals surface area (Å²) in [4.78, 5) is 2.41. The smallest absolute Gasteiger partial charge is 0.0375 e. The largest absolute Gasteiger partial charge is 0.302 e. The maximum absolute atomic E-state index is 2.42. The van der Waals surface area contributed by atoms with Crippen LogP contribution >= 0.6 is 0 Å². The van der Waals surface area contributed by atoms with Crippen molar-refractivity contribution in [2.24, 2.45) is 11.8 Å².